The number of anilines is 1. The molecule has 0 spiro atoms. The van der Waals surface area contributed by atoms with Gasteiger partial charge in [-0.1, -0.05) is 48.0 Å². The summed E-state index contributed by atoms with van der Waals surface area (Å²) >= 11 is 0. The Morgan fingerprint density at radius 1 is 0.900 bits per heavy atom. The summed E-state index contributed by atoms with van der Waals surface area (Å²) in [6, 6.07) is 22.9. The van der Waals surface area contributed by atoms with Crippen molar-refractivity contribution in [2.75, 3.05) is 4.72 Å². The Morgan fingerprint density at radius 3 is 2.37 bits per heavy atom. The molecule has 0 aliphatic carbocycles. The molecule has 0 saturated heterocycles. The van der Waals surface area contributed by atoms with Gasteiger partial charge in [-0.2, -0.15) is 0 Å². The first kappa shape index (κ1) is 19.8. The average molecular weight is 417 g/mol. The van der Waals surface area contributed by atoms with Crippen molar-refractivity contribution in [2.45, 2.75) is 18.7 Å². The van der Waals surface area contributed by atoms with Crippen LogP contribution >= 0.6 is 0 Å². The molecular weight excluding hydrogens is 396 g/mol. The standard InChI is InChI=1S/C24H20N2O3S/c1-16-7-13-22-19(15-16)10-14-23(25-22)21-5-3-4-6-24(21)26-30(28,29)20-11-8-18(9-12-20)17(2)27/h3-15,26H,1-2H3. The number of nitrogens with zero attached hydrogens (tertiary/aromatic N) is 1. The van der Waals surface area contributed by atoms with Gasteiger partial charge in [0.2, 0.25) is 0 Å². The van der Waals surface area contributed by atoms with E-state index in [1.165, 1.54) is 31.2 Å². The number of aromatic nitrogens is 1. The maximum absolute atomic E-state index is 12.9. The van der Waals surface area contributed by atoms with E-state index in [1.807, 2.05) is 43.3 Å². The average Bonchev–Trinajstić information content (AvgIpc) is 2.73. The number of carbonyl (C=O) groups excluding carboxylic acids is 1. The van der Waals surface area contributed by atoms with Crippen molar-refractivity contribution in [3.8, 4) is 11.3 Å². The smallest absolute Gasteiger partial charge is 0.261 e. The summed E-state index contributed by atoms with van der Waals surface area (Å²) in [4.78, 5) is 16.2. The number of hydrogen-bond donors (Lipinski definition) is 1. The van der Waals surface area contributed by atoms with Crippen molar-refractivity contribution >= 4 is 32.4 Å². The van der Waals surface area contributed by atoms with Gasteiger partial charge in [0.25, 0.3) is 10.0 Å². The van der Waals surface area contributed by atoms with Crippen molar-refractivity contribution in [1.82, 2.24) is 4.98 Å². The Labute approximate surface area is 175 Å². The van der Waals surface area contributed by atoms with Crippen LogP contribution in [0.3, 0.4) is 0 Å². The van der Waals surface area contributed by atoms with Crippen molar-refractivity contribution in [1.29, 1.82) is 0 Å². The number of benzene rings is 3. The minimum absolute atomic E-state index is 0.0873. The minimum atomic E-state index is -3.82. The molecule has 0 bridgehead atoms. The first-order valence-corrected chi connectivity index (χ1v) is 10.9. The van der Waals surface area contributed by atoms with Gasteiger partial charge in [-0.05, 0) is 50.2 Å². The first-order valence-electron chi connectivity index (χ1n) is 9.44. The molecule has 0 unspecified atom stereocenters. The summed E-state index contributed by atoms with van der Waals surface area (Å²) in [5, 5.41) is 1.03. The Kier molecular flexibility index (Phi) is 5.10. The molecule has 3 aromatic carbocycles. The van der Waals surface area contributed by atoms with Crippen LogP contribution < -0.4 is 4.72 Å². The molecule has 1 heterocycles. The molecule has 4 aromatic rings. The highest BCUT2D eigenvalue weighted by atomic mass is 32.2. The highest BCUT2D eigenvalue weighted by Crippen LogP contribution is 2.30. The number of carbonyl (C=O) groups is 1. The van der Waals surface area contributed by atoms with E-state index >= 15 is 0 Å². The van der Waals surface area contributed by atoms with E-state index in [2.05, 4.69) is 10.8 Å². The number of nitrogens with one attached hydrogen (secondary N) is 1. The van der Waals surface area contributed by atoms with Gasteiger partial charge in [-0.3, -0.25) is 9.52 Å². The zero-order valence-corrected chi connectivity index (χ0v) is 17.4. The Bertz CT molecular complexity index is 1360. The molecule has 0 aliphatic rings. The summed E-state index contributed by atoms with van der Waals surface area (Å²) in [5.74, 6) is -0.116. The molecular formula is C24H20N2O3S. The number of ketones is 1. The van der Waals surface area contributed by atoms with Crippen LogP contribution in [0.5, 0.6) is 0 Å². The van der Waals surface area contributed by atoms with Crippen LogP contribution in [0.1, 0.15) is 22.8 Å². The van der Waals surface area contributed by atoms with Gasteiger partial charge in [0, 0.05) is 16.5 Å². The number of hydrogen-bond acceptors (Lipinski definition) is 4. The molecule has 4 rings (SSSR count). The lowest BCUT2D eigenvalue weighted by molar-refractivity contribution is 0.101. The quantitative estimate of drug-likeness (QED) is 0.453. The molecule has 150 valence electrons. The van der Waals surface area contributed by atoms with Crippen molar-refractivity contribution < 1.29 is 13.2 Å². The SMILES string of the molecule is CC(=O)c1ccc(S(=O)(=O)Nc2ccccc2-c2ccc3cc(C)ccc3n2)cc1. The molecule has 1 N–H and O–H groups in total. The summed E-state index contributed by atoms with van der Waals surface area (Å²) in [6.07, 6.45) is 0. The fourth-order valence-electron chi connectivity index (χ4n) is 3.26. The van der Waals surface area contributed by atoms with Gasteiger partial charge >= 0.3 is 0 Å². The zero-order chi connectivity index (χ0) is 21.3. The fourth-order valence-corrected chi connectivity index (χ4v) is 4.34. The maximum atomic E-state index is 12.9. The van der Waals surface area contributed by atoms with Crippen LogP contribution in [0, 0.1) is 6.92 Å². The van der Waals surface area contributed by atoms with Gasteiger partial charge in [-0.15, -0.1) is 0 Å². The lowest BCUT2D eigenvalue weighted by Crippen LogP contribution is -2.14. The molecule has 1 aromatic heterocycles. The van der Waals surface area contributed by atoms with E-state index in [9.17, 15) is 13.2 Å². The highest BCUT2D eigenvalue weighted by molar-refractivity contribution is 7.92. The molecule has 0 fully saturated rings. The number of Topliss-reactive ketones (excluding diaryl/α,β-unsaturated/α-hetero) is 1. The molecule has 0 radical (unpaired) electrons. The number of sulfonamides is 1. The molecule has 0 atom stereocenters. The summed E-state index contributed by atoms with van der Waals surface area (Å²) < 4.78 is 28.5. The maximum Gasteiger partial charge on any atom is 0.261 e. The Balaban J connectivity index is 1.71. The van der Waals surface area contributed by atoms with Crippen molar-refractivity contribution in [3.05, 3.63) is 90.0 Å². The number of para-hydroxylation sites is 1. The van der Waals surface area contributed by atoms with Gasteiger partial charge in [0.1, 0.15) is 0 Å². The first-order chi connectivity index (χ1) is 14.3. The molecule has 0 saturated carbocycles. The summed E-state index contributed by atoms with van der Waals surface area (Å²) in [5.41, 5.74) is 4.26. The Morgan fingerprint density at radius 2 is 1.63 bits per heavy atom. The second-order valence-electron chi connectivity index (χ2n) is 7.12. The lowest BCUT2D eigenvalue weighted by Gasteiger charge is -2.13. The third-order valence-electron chi connectivity index (χ3n) is 4.86. The van der Waals surface area contributed by atoms with E-state index in [0.29, 0.717) is 22.5 Å². The van der Waals surface area contributed by atoms with Gasteiger partial charge in [-0.25, -0.2) is 13.4 Å². The number of pyridine rings is 1. The van der Waals surface area contributed by atoms with Gasteiger partial charge in [0.05, 0.1) is 21.8 Å². The van der Waals surface area contributed by atoms with E-state index < -0.39 is 10.0 Å². The number of aryl methyl sites for hydroxylation is 1. The van der Waals surface area contributed by atoms with Crippen LogP contribution in [0.25, 0.3) is 22.2 Å². The van der Waals surface area contributed by atoms with Crippen LogP contribution in [0.2, 0.25) is 0 Å². The summed E-state index contributed by atoms with van der Waals surface area (Å²) in [7, 11) is -3.82. The van der Waals surface area contributed by atoms with Crippen LogP contribution in [0.15, 0.2) is 83.8 Å². The number of rotatable bonds is 5. The third-order valence-corrected chi connectivity index (χ3v) is 6.24. The van der Waals surface area contributed by atoms with Gasteiger partial charge < -0.3 is 0 Å². The van der Waals surface area contributed by atoms with Gasteiger partial charge in [0.15, 0.2) is 5.78 Å². The zero-order valence-electron chi connectivity index (χ0n) is 16.6. The second-order valence-corrected chi connectivity index (χ2v) is 8.81. The van der Waals surface area contributed by atoms with E-state index in [0.717, 1.165) is 16.5 Å². The second kappa shape index (κ2) is 7.72. The summed E-state index contributed by atoms with van der Waals surface area (Å²) in [6.45, 7) is 3.47. The molecule has 0 aliphatic heterocycles. The van der Waals surface area contributed by atoms with Crippen LogP contribution in [-0.4, -0.2) is 19.2 Å². The minimum Gasteiger partial charge on any atom is -0.295 e. The van der Waals surface area contributed by atoms with E-state index in [-0.39, 0.29) is 10.7 Å². The topological polar surface area (TPSA) is 76.1 Å². The normalized spacial score (nSPS) is 11.4. The number of fused-ring (bicyclic) bond motifs is 1. The predicted molar refractivity (Wildman–Crippen MR) is 119 cm³/mol. The molecule has 6 heteroatoms. The fraction of sp³-hybridized carbons (Fsp3) is 0.0833. The largest absolute Gasteiger partial charge is 0.295 e. The monoisotopic (exact) mass is 416 g/mol. The van der Waals surface area contributed by atoms with Crippen molar-refractivity contribution in [3.63, 3.8) is 0 Å². The molecule has 30 heavy (non-hydrogen) atoms. The van der Waals surface area contributed by atoms with E-state index in [1.54, 1.807) is 12.1 Å². The van der Waals surface area contributed by atoms with Crippen molar-refractivity contribution in [2.24, 2.45) is 0 Å². The predicted octanol–water partition coefficient (Wildman–Crippen LogP) is 5.21. The van der Waals surface area contributed by atoms with E-state index in [4.69, 9.17) is 4.98 Å². The van der Waals surface area contributed by atoms with Crippen LogP contribution in [0.4, 0.5) is 5.69 Å². The molecule has 5 nitrogen and oxygen atoms in total. The van der Waals surface area contributed by atoms with Crippen LogP contribution in [-0.2, 0) is 10.0 Å². The third kappa shape index (κ3) is 3.95. The highest BCUT2D eigenvalue weighted by Gasteiger charge is 2.17. The molecule has 0 amide bonds. The Hall–Kier alpha value is -3.51. The lowest BCUT2D eigenvalue weighted by atomic mass is 10.1.